The minimum Gasteiger partial charge on any atom is -0.307 e. The number of hydrogen-bond acceptors (Lipinski definition) is 4. The molecule has 1 amide bonds. The number of tetrazole rings is 1. The number of anilines is 1. The van der Waals surface area contributed by atoms with Crippen molar-refractivity contribution < 1.29 is 4.79 Å². The van der Waals surface area contributed by atoms with E-state index >= 15 is 0 Å². The minimum atomic E-state index is -0.0236. The Morgan fingerprint density at radius 2 is 1.88 bits per heavy atom. The summed E-state index contributed by atoms with van der Waals surface area (Å²) in [5.41, 5.74) is 3.07. The van der Waals surface area contributed by atoms with Gasteiger partial charge in [0.15, 0.2) is 0 Å². The highest BCUT2D eigenvalue weighted by atomic mass is 16.2. The van der Waals surface area contributed by atoms with Gasteiger partial charge >= 0.3 is 0 Å². The van der Waals surface area contributed by atoms with Crippen LogP contribution >= 0.6 is 0 Å². The largest absolute Gasteiger partial charge is 0.307 e. The van der Waals surface area contributed by atoms with E-state index in [1.54, 1.807) is 0 Å². The van der Waals surface area contributed by atoms with Gasteiger partial charge in [0.1, 0.15) is 6.54 Å². The Balaban J connectivity index is 1.54. The molecule has 120 valence electrons. The van der Waals surface area contributed by atoms with Gasteiger partial charge in [0.05, 0.1) is 0 Å². The van der Waals surface area contributed by atoms with Gasteiger partial charge in [-0.05, 0) is 30.2 Å². The van der Waals surface area contributed by atoms with Crippen LogP contribution in [-0.4, -0.2) is 32.2 Å². The van der Waals surface area contributed by atoms with E-state index in [0.717, 1.165) is 17.7 Å². The summed E-state index contributed by atoms with van der Waals surface area (Å²) >= 11 is 0. The molecule has 4 rings (SSSR count). The molecule has 0 N–H and O–H groups in total. The topological polar surface area (TPSA) is 63.9 Å². The summed E-state index contributed by atoms with van der Waals surface area (Å²) in [5.74, 6) is 0.503. The first-order valence-corrected chi connectivity index (χ1v) is 7.95. The Morgan fingerprint density at radius 3 is 2.71 bits per heavy atom. The van der Waals surface area contributed by atoms with Gasteiger partial charge in [-0.25, -0.2) is 0 Å². The second kappa shape index (κ2) is 5.88. The first-order chi connectivity index (χ1) is 11.7. The molecular formula is C18H17N5O. The fourth-order valence-corrected chi connectivity index (χ4v) is 3.16. The molecule has 0 radical (unpaired) electrons. The number of carbonyl (C=O) groups excluding carboxylic acids is 1. The zero-order chi connectivity index (χ0) is 16.5. The van der Waals surface area contributed by atoms with Crippen LogP contribution in [0.15, 0.2) is 54.6 Å². The maximum Gasteiger partial charge on any atom is 0.250 e. The van der Waals surface area contributed by atoms with Crippen LogP contribution < -0.4 is 4.90 Å². The molecule has 0 saturated carbocycles. The highest BCUT2D eigenvalue weighted by Crippen LogP contribution is 2.31. The van der Waals surface area contributed by atoms with Crippen molar-refractivity contribution in [1.82, 2.24) is 20.2 Å². The maximum absolute atomic E-state index is 12.7. The molecule has 24 heavy (non-hydrogen) atoms. The van der Waals surface area contributed by atoms with Gasteiger partial charge in [-0.3, -0.25) is 4.79 Å². The molecule has 0 unspecified atom stereocenters. The molecule has 0 fully saturated rings. The van der Waals surface area contributed by atoms with Crippen LogP contribution in [0.4, 0.5) is 5.69 Å². The highest BCUT2D eigenvalue weighted by Gasteiger charge is 2.30. The SMILES string of the molecule is C[C@H]1Cc2ccccc2N1C(=O)Cn1nnc(-c2ccccc2)n1. The van der Waals surface area contributed by atoms with Gasteiger partial charge < -0.3 is 4.90 Å². The van der Waals surface area contributed by atoms with E-state index in [1.807, 2.05) is 53.4 Å². The summed E-state index contributed by atoms with van der Waals surface area (Å²) in [6.45, 7) is 2.14. The maximum atomic E-state index is 12.7. The zero-order valence-corrected chi connectivity index (χ0v) is 13.3. The van der Waals surface area contributed by atoms with Crippen molar-refractivity contribution in [2.45, 2.75) is 25.9 Å². The molecule has 1 aliphatic heterocycles. The van der Waals surface area contributed by atoms with E-state index in [0.29, 0.717) is 5.82 Å². The van der Waals surface area contributed by atoms with Crippen LogP contribution in [0.5, 0.6) is 0 Å². The van der Waals surface area contributed by atoms with E-state index in [-0.39, 0.29) is 18.5 Å². The lowest BCUT2D eigenvalue weighted by Gasteiger charge is -2.22. The molecule has 0 saturated heterocycles. The van der Waals surface area contributed by atoms with Gasteiger partial charge in [0, 0.05) is 17.3 Å². The predicted octanol–water partition coefficient (Wildman–Crippen LogP) is 2.32. The van der Waals surface area contributed by atoms with E-state index in [2.05, 4.69) is 28.4 Å². The fourth-order valence-electron chi connectivity index (χ4n) is 3.16. The standard InChI is InChI=1S/C18H17N5O/c1-13-11-15-9-5-6-10-16(15)23(13)17(24)12-22-20-18(19-21-22)14-7-3-2-4-8-14/h2-10,13H,11-12H2,1H3/t13-/m0/s1. The van der Waals surface area contributed by atoms with E-state index in [9.17, 15) is 4.79 Å². The van der Waals surface area contributed by atoms with E-state index in [4.69, 9.17) is 0 Å². The van der Waals surface area contributed by atoms with Crippen LogP contribution in [0.25, 0.3) is 11.4 Å². The number of nitrogens with zero attached hydrogens (tertiary/aromatic N) is 5. The van der Waals surface area contributed by atoms with Crippen LogP contribution in [0.2, 0.25) is 0 Å². The van der Waals surface area contributed by atoms with Crippen molar-refractivity contribution in [3.8, 4) is 11.4 Å². The third-order valence-corrected chi connectivity index (χ3v) is 4.24. The summed E-state index contributed by atoms with van der Waals surface area (Å²) in [5, 5.41) is 12.4. The minimum absolute atomic E-state index is 0.0236. The Hall–Kier alpha value is -3.02. The van der Waals surface area contributed by atoms with E-state index < -0.39 is 0 Å². The molecule has 2 aromatic carbocycles. The van der Waals surface area contributed by atoms with Crippen molar-refractivity contribution in [3.63, 3.8) is 0 Å². The van der Waals surface area contributed by atoms with Crippen molar-refractivity contribution >= 4 is 11.6 Å². The molecule has 1 atom stereocenters. The second-order valence-electron chi connectivity index (χ2n) is 5.96. The van der Waals surface area contributed by atoms with Gasteiger partial charge in [0.2, 0.25) is 5.82 Å². The smallest absolute Gasteiger partial charge is 0.250 e. The lowest BCUT2D eigenvalue weighted by atomic mass is 10.1. The molecule has 6 heteroatoms. The summed E-state index contributed by atoms with van der Waals surface area (Å²) in [6.07, 6.45) is 0.877. The lowest BCUT2D eigenvalue weighted by Crippen LogP contribution is -2.38. The zero-order valence-electron chi connectivity index (χ0n) is 13.3. The average molecular weight is 319 g/mol. The number of aromatic nitrogens is 4. The molecule has 3 aromatic rings. The average Bonchev–Trinajstić information content (AvgIpc) is 3.19. The summed E-state index contributed by atoms with van der Waals surface area (Å²) in [7, 11) is 0. The molecule has 0 bridgehead atoms. The monoisotopic (exact) mass is 319 g/mol. The van der Waals surface area contributed by atoms with Gasteiger partial charge in [-0.15, -0.1) is 10.2 Å². The summed E-state index contributed by atoms with van der Waals surface area (Å²) < 4.78 is 0. The van der Waals surface area contributed by atoms with Crippen molar-refractivity contribution in [3.05, 3.63) is 60.2 Å². The van der Waals surface area contributed by atoms with Crippen molar-refractivity contribution in [1.29, 1.82) is 0 Å². The molecule has 2 heterocycles. The second-order valence-corrected chi connectivity index (χ2v) is 5.96. The van der Waals surface area contributed by atoms with Crippen molar-refractivity contribution in [2.24, 2.45) is 0 Å². The van der Waals surface area contributed by atoms with Gasteiger partial charge in [0.25, 0.3) is 5.91 Å². The van der Waals surface area contributed by atoms with Crippen LogP contribution in [0.1, 0.15) is 12.5 Å². The number of para-hydroxylation sites is 1. The predicted molar refractivity (Wildman–Crippen MR) is 90.3 cm³/mol. The normalized spacial score (nSPS) is 16.2. The number of rotatable bonds is 3. The third kappa shape index (κ3) is 2.56. The lowest BCUT2D eigenvalue weighted by molar-refractivity contribution is -0.119. The summed E-state index contributed by atoms with van der Waals surface area (Å²) in [6, 6.07) is 17.8. The molecule has 1 aromatic heterocycles. The number of fused-ring (bicyclic) bond motifs is 1. The molecule has 0 spiro atoms. The Bertz CT molecular complexity index is 874. The Labute approximate surface area is 139 Å². The summed E-state index contributed by atoms with van der Waals surface area (Å²) in [4.78, 5) is 15.9. The van der Waals surface area contributed by atoms with Crippen LogP contribution in [0, 0.1) is 0 Å². The Morgan fingerprint density at radius 1 is 1.12 bits per heavy atom. The number of amides is 1. The number of carbonyl (C=O) groups is 1. The highest BCUT2D eigenvalue weighted by molar-refractivity contribution is 5.95. The molecule has 1 aliphatic rings. The van der Waals surface area contributed by atoms with E-state index in [1.165, 1.54) is 10.4 Å². The number of hydrogen-bond donors (Lipinski definition) is 0. The molecule has 6 nitrogen and oxygen atoms in total. The Kier molecular flexibility index (Phi) is 3.57. The molecule has 0 aliphatic carbocycles. The third-order valence-electron chi connectivity index (χ3n) is 4.24. The van der Waals surface area contributed by atoms with Gasteiger partial charge in [-0.1, -0.05) is 48.5 Å². The van der Waals surface area contributed by atoms with Gasteiger partial charge in [-0.2, -0.15) is 4.80 Å². The van der Waals surface area contributed by atoms with Crippen LogP contribution in [-0.2, 0) is 17.8 Å². The first-order valence-electron chi connectivity index (χ1n) is 7.95. The number of benzene rings is 2. The quantitative estimate of drug-likeness (QED) is 0.743. The van der Waals surface area contributed by atoms with Crippen LogP contribution in [0.3, 0.4) is 0 Å². The fraction of sp³-hybridized carbons (Fsp3) is 0.222. The first kappa shape index (κ1) is 14.6. The molecular weight excluding hydrogens is 302 g/mol. The van der Waals surface area contributed by atoms with Crippen molar-refractivity contribution in [2.75, 3.05) is 4.90 Å².